The van der Waals surface area contributed by atoms with Gasteiger partial charge in [-0.1, -0.05) is 43.7 Å². The number of carbonyl (C=O) groups is 3. The molecule has 1 saturated heterocycles. The largest absolute Gasteiger partial charge is 0.462 e. The summed E-state index contributed by atoms with van der Waals surface area (Å²) in [5, 5.41) is 2.91. The molecule has 0 saturated carbocycles. The number of hydrogen-bond acceptors (Lipinski definition) is 4. The van der Waals surface area contributed by atoms with Gasteiger partial charge in [0.05, 0.1) is 12.2 Å². The number of ether oxygens (including phenoxy) is 1. The highest BCUT2D eigenvalue weighted by molar-refractivity contribution is 5.95. The lowest BCUT2D eigenvalue weighted by atomic mass is 9.95. The number of unbranched alkanes of at least 4 members (excludes halogenated alkanes) is 1. The van der Waals surface area contributed by atoms with Gasteiger partial charge in [0.15, 0.2) is 0 Å². The average Bonchev–Trinajstić information content (AvgIpc) is 2.84. The van der Waals surface area contributed by atoms with Crippen LogP contribution in [0, 0.1) is 5.92 Å². The van der Waals surface area contributed by atoms with Crippen molar-refractivity contribution in [3.63, 3.8) is 0 Å². The standard InChI is InChI=1S/C26H30N2O4/c1-2-3-19-32-26(31)22-10-12-23(13-11-22)27-25(30)21-15-17-28(18-16-21)24(29)14-9-20-7-5-4-6-8-20/h4-14,21H,2-3,15-19H2,1H3,(H,27,30)/b14-9+. The average molecular weight is 435 g/mol. The molecule has 0 bridgehead atoms. The molecule has 1 aliphatic rings. The van der Waals surface area contributed by atoms with Crippen LogP contribution in [0.2, 0.25) is 0 Å². The van der Waals surface area contributed by atoms with E-state index >= 15 is 0 Å². The summed E-state index contributed by atoms with van der Waals surface area (Å²) in [7, 11) is 0. The van der Waals surface area contributed by atoms with E-state index in [9.17, 15) is 14.4 Å². The minimum absolute atomic E-state index is 0.0332. The fourth-order valence-corrected chi connectivity index (χ4v) is 3.53. The number of nitrogens with zero attached hydrogens (tertiary/aromatic N) is 1. The number of anilines is 1. The van der Waals surface area contributed by atoms with Gasteiger partial charge in [0.1, 0.15) is 0 Å². The van der Waals surface area contributed by atoms with E-state index < -0.39 is 0 Å². The van der Waals surface area contributed by atoms with Crippen molar-refractivity contribution < 1.29 is 19.1 Å². The van der Waals surface area contributed by atoms with Crippen LogP contribution in [0.25, 0.3) is 6.08 Å². The third-order valence-corrected chi connectivity index (χ3v) is 5.51. The van der Waals surface area contributed by atoms with E-state index in [0.29, 0.717) is 43.8 Å². The maximum absolute atomic E-state index is 12.6. The Morgan fingerprint density at radius 1 is 1.03 bits per heavy atom. The third-order valence-electron chi connectivity index (χ3n) is 5.51. The van der Waals surface area contributed by atoms with Gasteiger partial charge in [-0.2, -0.15) is 0 Å². The predicted octanol–water partition coefficient (Wildman–Crippen LogP) is 4.53. The van der Waals surface area contributed by atoms with Crippen LogP contribution >= 0.6 is 0 Å². The number of amides is 2. The van der Waals surface area contributed by atoms with Gasteiger partial charge in [0, 0.05) is 30.8 Å². The molecule has 2 amide bonds. The Labute approximate surface area is 189 Å². The van der Waals surface area contributed by atoms with Gasteiger partial charge >= 0.3 is 5.97 Å². The highest BCUT2D eigenvalue weighted by Gasteiger charge is 2.26. The molecule has 0 radical (unpaired) electrons. The number of esters is 1. The molecule has 1 N–H and O–H groups in total. The third kappa shape index (κ3) is 6.80. The van der Waals surface area contributed by atoms with Crippen molar-refractivity contribution in [3.8, 4) is 0 Å². The normalized spacial score (nSPS) is 14.3. The van der Waals surface area contributed by atoms with Gasteiger partial charge < -0.3 is 15.0 Å². The van der Waals surface area contributed by atoms with Gasteiger partial charge in [-0.05, 0) is 55.2 Å². The maximum atomic E-state index is 12.6. The molecule has 6 nitrogen and oxygen atoms in total. The highest BCUT2D eigenvalue weighted by Crippen LogP contribution is 2.20. The van der Waals surface area contributed by atoms with Crippen LogP contribution in [-0.4, -0.2) is 42.4 Å². The second-order valence-corrected chi connectivity index (χ2v) is 7.90. The Morgan fingerprint density at radius 3 is 2.38 bits per heavy atom. The topological polar surface area (TPSA) is 75.7 Å². The number of piperidine rings is 1. The van der Waals surface area contributed by atoms with E-state index in [0.717, 1.165) is 18.4 Å². The molecule has 3 rings (SSSR count). The van der Waals surface area contributed by atoms with E-state index in [1.165, 1.54) is 0 Å². The van der Waals surface area contributed by atoms with Crippen molar-refractivity contribution in [2.75, 3.05) is 25.0 Å². The smallest absolute Gasteiger partial charge is 0.338 e. The van der Waals surface area contributed by atoms with Crippen molar-refractivity contribution in [1.29, 1.82) is 0 Å². The van der Waals surface area contributed by atoms with E-state index in [4.69, 9.17) is 4.74 Å². The number of rotatable bonds is 8. The summed E-state index contributed by atoms with van der Waals surface area (Å²) in [5.41, 5.74) is 2.09. The van der Waals surface area contributed by atoms with E-state index in [2.05, 4.69) is 5.32 Å². The van der Waals surface area contributed by atoms with Crippen molar-refractivity contribution in [1.82, 2.24) is 4.90 Å². The zero-order valence-electron chi connectivity index (χ0n) is 18.5. The quantitative estimate of drug-likeness (QED) is 0.376. The molecule has 2 aromatic carbocycles. The Morgan fingerprint density at radius 2 is 1.72 bits per heavy atom. The van der Waals surface area contributed by atoms with Crippen molar-refractivity contribution in [2.24, 2.45) is 5.92 Å². The Balaban J connectivity index is 1.44. The molecular weight excluding hydrogens is 404 g/mol. The number of hydrogen-bond donors (Lipinski definition) is 1. The molecule has 1 fully saturated rings. The summed E-state index contributed by atoms with van der Waals surface area (Å²) in [6.07, 6.45) is 6.45. The number of carbonyl (C=O) groups excluding carboxylic acids is 3. The summed E-state index contributed by atoms with van der Waals surface area (Å²) in [5.74, 6) is -0.588. The maximum Gasteiger partial charge on any atom is 0.338 e. The molecule has 2 aromatic rings. The highest BCUT2D eigenvalue weighted by atomic mass is 16.5. The first kappa shape index (κ1) is 23.3. The molecule has 0 aliphatic carbocycles. The lowest BCUT2D eigenvalue weighted by Crippen LogP contribution is -2.40. The van der Waals surface area contributed by atoms with E-state index in [1.54, 1.807) is 35.2 Å². The zero-order chi connectivity index (χ0) is 22.8. The molecule has 1 heterocycles. The lowest BCUT2D eigenvalue weighted by Gasteiger charge is -2.30. The Hall–Kier alpha value is -3.41. The van der Waals surface area contributed by atoms with Gasteiger partial charge in [-0.25, -0.2) is 4.79 Å². The van der Waals surface area contributed by atoms with Gasteiger partial charge in [-0.3, -0.25) is 9.59 Å². The monoisotopic (exact) mass is 434 g/mol. The van der Waals surface area contributed by atoms with Gasteiger partial charge in [0.25, 0.3) is 0 Å². The molecule has 168 valence electrons. The second kappa shape index (κ2) is 11.8. The van der Waals surface area contributed by atoms with Crippen LogP contribution < -0.4 is 5.32 Å². The first-order valence-corrected chi connectivity index (χ1v) is 11.2. The number of nitrogens with one attached hydrogen (secondary N) is 1. The summed E-state index contributed by atoms with van der Waals surface area (Å²) in [4.78, 5) is 38.8. The van der Waals surface area contributed by atoms with Crippen LogP contribution in [0.5, 0.6) is 0 Å². The second-order valence-electron chi connectivity index (χ2n) is 7.90. The zero-order valence-corrected chi connectivity index (χ0v) is 18.5. The fraction of sp³-hybridized carbons (Fsp3) is 0.346. The minimum atomic E-state index is -0.352. The van der Waals surface area contributed by atoms with Crippen molar-refractivity contribution in [2.45, 2.75) is 32.6 Å². The van der Waals surface area contributed by atoms with Crippen LogP contribution in [0.1, 0.15) is 48.5 Å². The predicted molar refractivity (Wildman–Crippen MR) is 125 cm³/mol. The number of likely N-dealkylation sites (tertiary alicyclic amines) is 1. The Kier molecular flexibility index (Phi) is 8.61. The van der Waals surface area contributed by atoms with Crippen molar-refractivity contribution in [3.05, 3.63) is 71.8 Å². The molecule has 0 spiro atoms. The summed E-state index contributed by atoms with van der Waals surface area (Å²) in [6, 6.07) is 16.4. The van der Waals surface area contributed by atoms with Crippen LogP contribution in [0.3, 0.4) is 0 Å². The molecule has 1 aliphatic heterocycles. The van der Waals surface area contributed by atoms with Crippen molar-refractivity contribution >= 4 is 29.5 Å². The van der Waals surface area contributed by atoms with Gasteiger partial charge in [-0.15, -0.1) is 0 Å². The summed E-state index contributed by atoms with van der Waals surface area (Å²) < 4.78 is 5.19. The fourth-order valence-electron chi connectivity index (χ4n) is 3.53. The van der Waals surface area contributed by atoms with Crippen LogP contribution in [0.15, 0.2) is 60.7 Å². The Bertz CT molecular complexity index is 930. The molecule has 0 atom stereocenters. The molecular formula is C26H30N2O4. The molecule has 0 unspecified atom stereocenters. The van der Waals surface area contributed by atoms with E-state index in [-0.39, 0.29) is 23.7 Å². The minimum Gasteiger partial charge on any atom is -0.462 e. The summed E-state index contributed by atoms with van der Waals surface area (Å²) in [6.45, 7) is 3.56. The number of benzene rings is 2. The molecule has 0 aromatic heterocycles. The van der Waals surface area contributed by atoms with E-state index in [1.807, 2.05) is 43.3 Å². The van der Waals surface area contributed by atoms with Gasteiger partial charge in [0.2, 0.25) is 11.8 Å². The SMILES string of the molecule is CCCCOC(=O)c1ccc(NC(=O)C2CCN(C(=O)/C=C/c3ccccc3)CC2)cc1. The lowest BCUT2D eigenvalue weighted by molar-refractivity contribution is -0.130. The molecule has 32 heavy (non-hydrogen) atoms. The first-order chi connectivity index (χ1) is 15.6. The van der Waals surface area contributed by atoms with Crippen LogP contribution in [-0.2, 0) is 14.3 Å². The van der Waals surface area contributed by atoms with Crippen LogP contribution in [0.4, 0.5) is 5.69 Å². The summed E-state index contributed by atoms with van der Waals surface area (Å²) >= 11 is 0. The first-order valence-electron chi connectivity index (χ1n) is 11.2. The molecule has 6 heteroatoms.